The van der Waals surface area contributed by atoms with E-state index >= 15 is 0 Å². The van der Waals surface area contributed by atoms with E-state index in [0.29, 0.717) is 38.5 Å². The number of alkyl halides is 3. The number of hydrogen-bond acceptors (Lipinski definition) is 11. The number of aliphatic hydroxyl groups excluding tert-OH is 3. The fourth-order valence-corrected chi connectivity index (χ4v) is 10.5. The number of allylic oxidation sites excluding steroid dienone is 6. The van der Waals surface area contributed by atoms with Crippen LogP contribution >= 0.6 is 0 Å². The second-order valence-corrected chi connectivity index (χ2v) is 17.6. The van der Waals surface area contributed by atoms with Crippen molar-refractivity contribution in [1.29, 1.82) is 0 Å². The van der Waals surface area contributed by atoms with Crippen LogP contribution < -0.4 is 4.74 Å². The molecule has 5 aliphatic rings. The van der Waals surface area contributed by atoms with Gasteiger partial charge in [-0.3, -0.25) is 14.4 Å². The average Bonchev–Trinajstić information content (AvgIpc) is 3.65. The van der Waals surface area contributed by atoms with E-state index in [1.165, 1.54) is 29.4 Å². The van der Waals surface area contributed by atoms with Gasteiger partial charge in [-0.05, 0) is 99.8 Å². The van der Waals surface area contributed by atoms with E-state index < -0.39 is 77.9 Å². The molecule has 328 valence electrons. The Balaban J connectivity index is 0.884. The molecule has 4 N–H and O–H groups in total. The highest BCUT2D eigenvalue weighted by Gasteiger charge is 2.64. The summed E-state index contributed by atoms with van der Waals surface area (Å²) < 4.78 is 54.5. The number of fused-ring (bicyclic) bond motifs is 5. The highest BCUT2D eigenvalue weighted by Crippen LogP contribution is 2.65. The average molecular weight is 843 g/mol. The van der Waals surface area contributed by atoms with E-state index in [1.54, 1.807) is 6.08 Å². The number of unbranched alkanes of at least 4 members (excludes halogenated alkanes) is 1. The first-order chi connectivity index (χ1) is 28.4. The third kappa shape index (κ3) is 9.66. The summed E-state index contributed by atoms with van der Waals surface area (Å²) in [5.41, 5.74) is -0.928. The number of carbonyl (C=O) groups excluding carboxylic acids is 4. The Hall–Kier alpha value is -4.11. The van der Waals surface area contributed by atoms with Gasteiger partial charge < -0.3 is 34.6 Å². The van der Waals surface area contributed by atoms with E-state index in [-0.39, 0.29) is 60.6 Å². The van der Waals surface area contributed by atoms with Gasteiger partial charge in [-0.25, -0.2) is 4.79 Å². The lowest BCUT2D eigenvalue weighted by Crippen LogP contribution is -2.55. The van der Waals surface area contributed by atoms with Crippen LogP contribution in [0.4, 0.5) is 13.2 Å². The normalized spacial score (nSPS) is 33.1. The van der Waals surface area contributed by atoms with E-state index in [0.717, 1.165) is 31.4 Å². The molecule has 11 nitrogen and oxygen atoms in total. The molecule has 2 unspecified atom stereocenters. The molecule has 0 bridgehead atoms. The van der Waals surface area contributed by atoms with Gasteiger partial charge in [0.25, 0.3) is 0 Å². The zero-order chi connectivity index (χ0) is 43.5. The van der Waals surface area contributed by atoms with Gasteiger partial charge in [0.2, 0.25) is 5.78 Å². The van der Waals surface area contributed by atoms with Gasteiger partial charge in [0.1, 0.15) is 24.1 Å². The SMILES string of the molecule is CC12CCC(=O)C=C1CC[C@@H]1C2=CCC2(C)[C@H]1CC[C@]2(O)C(=O)COC(=O)COC(=O)CCC/C=C\C[C@@H]1[C@@H](/C=C/[C@@H](O)COc2cccc(C(F)(F)F)c2)[C@H](O)C[C@@H]1O. The van der Waals surface area contributed by atoms with Gasteiger partial charge in [-0.2, -0.15) is 13.2 Å². The highest BCUT2D eigenvalue weighted by atomic mass is 19.4. The molecular weight excluding hydrogens is 785 g/mol. The standard InChI is InChI=1S/C46H57F3O11/c1-43-19-16-30(50)22-28(43)12-14-35-36(43)17-20-44(2)37(35)18-21-45(44,57)40(54)26-59-42(56)27-60-41(55)11-6-4-3-5-10-33-34(39(53)24-38(33)52)15-13-31(51)25-58-32-9-7-8-29(23-32)46(47,48)49/h3,5,7-9,13,15,17,22-23,31,33-35,37-39,51-53,57H,4,6,10-12,14,16,18-21,24-27H2,1-2H3/b5-3-,15-13+/t31-,33-,34-,35-,37+,38+,39-,43?,44?,45+/m1/s1. The summed E-state index contributed by atoms with van der Waals surface area (Å²) in [6.07, 6.45) is 9.09. The molecule has 3 saturated carbocycles. The predicted molar refractivity (Wildman–Crippen MR) is 212 cm³/mol. The number of aliphatic hydroxyl groups is 4. The lowest BCUT2D eigenvalue weighted by Gasteiger charge is -2.54. The van der Waals surface area contributed by atoms with Crippen molar-refractivity contribution in [2.75, 3.05) is 19.8 Å². The number of rotatable bonds is 16. The number of ether oxygens (including phenoxy) is 3. The Kier molecular flexibility index (Phi) is 14.0. The predicted octanol–water partition coefficient (Wildman–Crippen LogP) is 6.31. The fraction of sp³-hybridized carbons (Fsp3) is 0.609. The van der Waals surface area contributed by atoms with Gasteiger partial charge >= 0.3 is 18.1 Å². The van der Waals surface area contributed by atoms with Crippen LogP contribution in [0.1, 0.15) is 96.5 Å². The highest BCUT2D eigenvalue weighted by molar-refractivity contribution is 5.92. The number of benzene rings is 1. The maximum Gasteiger partial charge on any atom is 0.416 e. The maximum absolute atomic E-state index is 13.5. The summed E-state index contributed by atoms with van der Waals surface area (Å²) in [6, 6.07) is 4.31. The summed E-state index contributed by atoms with van der Waals surface area (Å²) in [5.74, 6) is -2.54. The van der Waals surface area contributed by atoms with Crippen molar-refractivity contribution in [3.8, 4) is 5.75 Å². The Bertz CT molecular complexity index is 1900. The van der Waals surface area contributed by atoms with Crippen LogP contribution in [0.2, 0.25) is 0 Å². The first kappa shape index (κ1) is 45.4. The first-order valence-electron chi connectivity index (χ1n) is 21.0. The van der Waals surface area contributed by atoms with Crippen LogP contribution in [0.5, 0.6) is 5.75 Å². The van der Waals surface area contributed by atoms with Gasteiger partial charge in [0.15, 0.2) is 19.0 Å². The van der Waals surface area contributed by atoms with Crippen molar-refractivity contribution in [1.82, 2.24) is 0 Å². The summed E-state index contributed by atoms with van der Waals surface area (Å²) >= 11 is 0. The van der Waals surface area contributed by atoms with Gasteiger partial charge in [-0.1, -0.05) is 61.4 Å². The van der Waals surface area contributed by atoms with E-state index in [4.69, 9.17) is 14.2 Å². The van der Waals surface area contributed by atoms with Crippen molar-refractivity contribution in [3.63, 3.8) is 0 Å². The Morgan fingerprint density at radius 3 is 2.53 bits per heavy atom. The maximum atomic E-state index is 13.5. The third-order valence-electron chi connectivity index (χ3n) is 14.0. The molecule has 5 aliphatic carbocycles. The van der Waals surface area contributed by atoms with Crippen LogP contribution in [0.15, 0.2) is 71.9 Å². The zero-order valence-corrected chi connectivity index (χ0v) is 34.2. The molecular formula is C46H57F3O11. The lowest BCUT2D eigenvalue weighted by atomic mass is 9.50. The largest absolute Gasteiger partial charge is 0.491 e. The summed E-state index contributed by atoms with van der Waals surface area (Å²) in [7, 11) is 0. The van der Waals surface area contributed by atoms with Crippen LogP contribution in [-0.2, 0) is 34.8 Å². The molecule has 14 heteroatoms. The minimum absolute atomic E-state index is 0.00987. The molecule has 6 rings (SSSR count). The minimum Gasteiger partial charge on any atom is -0.491 e. The molecule has 0 heterocycles. The number of carbonyl (C=O) groups is 4. The Labute approximate surface area is 348 Å². The molecule has 0 aromatic heterocycles. The van der Waals surface area contributed by atoms with Crippen molar-refractivity contribution < 1.29 is 67.0 Å². The first-order valence-corrected chi connectivity index (χ1v) is 21.0. The summed E-state index contributed by atoms with van der Waals surface area (Å²) in [4.78, 5) is 50.4. The molecule has 0 amide bonds. The molecule has 0 spiro atoms. The molecule has 0 radical (unpaired) electrons. The van der Waals surface area contributed by atoms with Crippen molar-refractivity contribution in [3.05, 3.63) is 77.4 Å². The quantitative estimate of drug-likeness (QED) is 0.0833. The molecule has 0 aliphatic heterocycles. The lowest BCUT2D eigenvalue weighted by molar-refractivity contribution is -0.167. The minimum atomic E-state index is -4.53. The van der Waals surface area contributed by atoms with Gasteiger partial charge in [-0.15, -0.1) is 0 Å². The molecule has 0 saturated heterocycles. The van der Waals surface area contributed by atoms with Gasteiger partial charge in [0, 0.05) is 36.0 Å². The van der Waals surface area contributed by atoms with Crippen molar-refractivity contribution in [2.45, 2.75) is 121 Å². The Morgan fingerprint density at radius 1 is 1.00 bits per heavy atom. The number of hydrogen-bond donors (Lipinski definition) is 4. The van der Waals surface area contributed by atoms with Crippen LogP contribution in [0, 0.1) is 34.5 Å². The number of Topliss-reactive ketones (excluding diaryl/α,β-unsaturated/α-hetero) is 1. The smallest absolute Gasteiger partial charge is 0.416 e. The van der Waals surface area contributed by atoms with Gasteiger partial charge in [0.05, 0.1) is 17.8 Å². The monoisotopic (exact) mass is 842 g/mol. The van der Waals surface area contributed by atoms with Crippen LogP contribution in [0.3, 0.4) is 0 Å². The second-order valence-electron chi connectivity index (χ2n) is 17.6. The summed E-state index contributed by atoms with van der Waals surface area (Å²) in [5, 5.41) is 43.3. The molecule has 10 atom stereocenters. The fourth-order valence-electron chi connectivity index (χ4n) is 10.5. The third-order valence-corrected chi connectivity index (χ3v) is 14.0. The number of halogens is 3. The van der Waals surface area contributed by atoms with E-state index in [9.17, 15) is 52.8 Å². The molecule has 3 fully saturated rings. The Morgan fingerprint density at radius 2 is 1.77 bits per heavy atom. The molecule has 1 aromatic rings. The van der Waals surface area contributed by atoms with Crippen LogP contribution in [0.25, 0.3) is 0 Å². The second kappa shape index (κ2) is 18.5. The zero-order valence-electron chi connectivity index (χ0n) is 34.2. The topological polar surface area (TPSA) is 177 Å². The van der Waals surface area contributed by atoms with Crippen molar-refractivity contribution >= 4 is 23.5 Å². The van der Waals surface area contributed by atoms with Crippen LogP contribution in [-0.4, -0.2) is 87.7 Å². The van der Waals surface area contributed by atoms with E-state index in [1.807, 2.05) is 25.2 Å². The summed E-state index contributed by atoms with van der Waals surface area (Å²) in [6.45, 7) is 2.55. The molecule has 1 aromatic carbocycles. The van der Waals surface area contributed by atoms with Crippen molar-refractivity contribution in [2.24, 2.45) is 34.5 Å². The number of esters is 2. The molecule has 60 heavy (non-hydrogen) atoms. The number of ketones is 2. The van der Waals surface area contributed by atoms with E-state index in [2.05, 4.69) is 13.0 Å².